The van der Waals surface area contributed by atoms with Crippen LogP contribution in [0.15, 0.2) is 50.8 Å². The zero-order valence-electron chi connectivity index (χ0n) is 17.4. The molecule has 0 atom stereocenters. The Morgan fingerprint density at radius 3 is 2.33 bits per heavy atom. The highest BCUT2D eigenvalue weighted by Gasteiger charge is 2.27. The quantitative estimate of drug-likeness (QED) is 0.288. The number of sulfone groups is 1. The van der Waals surface area contributed by atoms with E-state index in [2.05, 4.69) is 69.6 Å². The molecule has 0 radical (unpaired) electrons. The zero-order valence-corrected chi connectivity index (χ0v) is 22.0. The molecule has 6 nitrogen and oxygen atoms in total. The second-order valence-electron chi connectivity index (χ2n) is 7.92. The number of halogens is 2. The summed E-state index contributed by atoms with van der Waals surface area (Å²) in [6, 6.07) is 10.7. The van der Waals surface area contributed by atoms with E-state index < -0.39 is 9.84 Å². The number of hydrogen-bond donors (Lipinski definition) is 0. The molecule has 0 aliphatic heterocycles. The number of hydrogen-bond acceptors (Lipinski definition) is 5. The molecule has 0 spiro atoms. The minimum atomic E-state index is -3.81. The molecule has 3 aromatic rings. The third kappa shape index (κ3) is 4.29. The number of methoxy groups -OCH3 is 1. The van der Waals surface area contributed by atoms with E-state index in [4.69, 9.17) is 4.74 Å². The van der Waals surface area contributed by atoms with Crippen molar-refractivity contribution in [1.82, 2.24) is 15.0 Å². The van der Waals surface area contributed by atoms with Crippen molar-refractivity contribution in [3.8, 4) is 11.4 Å². The summed E-state index contributed by atoms with van der Waals surface area (Å²) < 4.78 is 35.2. The van der Waals surface area contributed by atoms with Crippen molar-refractivity contribution in [2.24, 2.45) is 0 Å². The van der Waals surface area contributed by atoms with E-state index >= 15 is 0 Å². The molecule has 3 rings (SSSR count). The van der Waals surface area contributed by atoms with Gasteiger partial charge >= 0.3 is 0 Å². The molecule has 0 unspecified atom stereocenters. The summed E-state index contributed by atoms with van der Waals surface area (Å²) in [5.74, 6) is 0.571. The average molecular weight is 604 g/mol. The van der Waals surface area contributed by atoms with Crippen molar-refractivity contribution in [1.29, 1.82) is 0 Å². The van der Waals surface area contributed by atoms with Crippen molar-refractivity contribution < 1.29 is 13.2 Å². The first-order valence-electron chi connectivity index (χ1n) is 9.21. The summed E-state index contributed by atoms with van der Waals surface area (Å²) in [6.07, 6.45) is 0. The van der Waals surface area contributed by atoms with Gasteiger partial charge in [-0.05, 0) is 47.7 Å². The number of benzene rings is 2. The van der Waals surface area contributed by atoms with Crippen LogP contribution in [0.5, 0.6) is 5.75 Å². The third-order valence-corrected chi connectivity index (χ3v) is 8.20. The molecule has 0 N–H and O–H groups in total. The minimum Gasteiger partial charge on any atom is -0.494 e. The third-order valence-electron chi connectivity index (χ3n) is 4.86. The number of alkyl halides is 1. The molecule has 0 amide bonds. The lowest BCUT2D eigenvalue weighted by atomic mass is 9.87. The molecular formula is C21H23BrIN3O3S. The van der Waals surface area contributed by atoms with Crippen molar-refractivity contribution in [3.05, 3.63) is 57.7 Å². The van der Waals surface area contributed by atoms with Gasteiger partial charge in [0.25, 0.3) is 0 Å². The predicted octanol–water partition coefficient (Wildman–Crippen LogP) is 5.41. The fraction of sp³-hybridized carbons (Fsp3) is 0.333. The fourth-order valence-corrected chi connectivity index (χ4v) is 6.01. The van der Waals surface area contributed by atoms with Gasteiger partial charge in [0.05, 0.1) is 17.7 Å². The topological polar surface area (TPSA) is 74.1 Å². The summed E-state index contributed by atoms with van der Waals surface area (Å²) in [6.45, 7) is 7.95. The highest BCUT2D eigenvalue weighted by atomic mass is 127. The molecule has 30 heavy (non-hydrogen) atoms. The molecular weight excluding hydrogens is 581 g/mol. The second kappa shape index (κ2) is 8.58. The van der Waals surface area contributed by atoms with E-state index in [1.54, 1.807) is 26.2 Å². The molecule has 1 aromatic heterocycles. The molecule has 9 heteroatoms. The Morgan fingerprint density at radius 1 is 1.17 bits per heavy atom. The highest BCUT2D eigenvalue weighted by molar-refractivity contribution is 14.1. The second-order valence-corrected chi connectivity index (χ2v) is 11.4. The van der Waals surface area contributed by atoms with Crippen molar-refractivity contribution in [3.63, 3.8) is 0 Å². The summed E-state index contributed by atoms with van der Waals surface area (Å²) in [5, 5.41) is 8.10. The van der Waals surface area contributed by atoms with Gasteiger partial charge in [0.2, 0.25) is 14.9 Å². The summed E-state index contributed by atoms with van der Waals surface area (Å²) in [4.78, 5) is 0.196. The van der Waals surface area contributed by atoms with Crippen LogP contribution in [0.1, 0.15) is 37.6 Å². The van der Waals surface area contributed by atoms with Crippen molar-refractivity contribution in [2.45, 2.75) is 47.5 Å². The molecule has 0 saturated heterocycles. The van der Waals surface area contributed by atoms with E-state index in [1.165, 1.54) is 4.68 Å². The highest BCUT2D eigenvalue weighted by Crippen LogP contribution is 2.33. The van der Waals surface area contributed by atoms with Crippen LogP contribution in [0, 0.1) is 6.92 Å². The fourth-order valence-electron chi connectivity index (χ4n) is 3.06. The van der Waals surface area contributed by atoms with E-state index in [0.717, 1.165) is 20.0 Å². The monoisotopic (exact) mass is 603 g/mol. The SMILES string of the molecule is COc1cc(Br)c(CI)cc1-n1nnc(S(=O)(=O)c2ccc(C(C)(C)C)cc2)c1C. The molecule has 0 aliphatic carbocycles. The first-order valence-corrected chi connectivity index (χ1v) is 13.0. The van der Waals surface area contributed by atoms with Crippen LogP contribution in [0.3, 0.4) is 0 Å². The Labute approximate surface area is 199 Å². The van der Waals surface area contributed by atoms with E-state index in [1.807, 2.05) is 24.3 Å². The lowest BCUT2D eigenvalue weighted by Gasteiger charge is -2.19. The maximum atomic E-state index is 13.2. The Hall–Kier alpha value is -1.46. The largest absolute Gasteiger partial charge is 0.494 e. The number of ether oxygens (including phenoxy) is 1. The predicted molar refractivity (Wildman–Crippen MR) is 129 cm³/mol. The minimum absolute atomic E-state index is 0.0597. The van der Waals surface area contributed by atoms with E-state index in [0.29, 0.717) is 17.1 Å². The van der Waals surface area contributed by atoms with Gasteiger partial charge in [-0.1, -0.05) is 76.6 Å². The van der Waals surface area contributed by atoms with Gasteiger partial charge in [0.15, 0.2) is 0 Å². The van der Waals surface area contributed by atoms with E-state index in [9.17, 15) is 8.42 Å². The Kier molecular flexibility index (Phi) is 6.64. The molecule has 1 heterocycles. The van der Waals surface area contributed by atoms with Crippen LogP contribution >= 0.6 is 38.5 Å². The van der Waals surface area contributed by atoms with E-state index in [-0.39, 0.29) is 15.3 Å². The standard InChI is InChI=1S/C21H23BrIN3O3S/c1-13-20(30(27,28)16-8-6-15(7-9-16)21(2,3)4)24-25-26(13)18-10-14(12-23)17(22)11-19(18)29-5/h6-11H,12H2,1-5H3. The summed E-state index contributed by atoms with van der Waals surface area (Å²) in [5.41, 5.74) is 3.11. The lowest BCUT2D eigenvalue weighted by Crippen LogP contribution is -2.12. The smallest absolute Gasteiger partial charge is 0.227 e. The maximum Gasteiger partial charge on any atom is 0.227 e. The Balaban J connectivity index is 2.09. The first kappa shape index (κ1) is 23.2. The van der Waals surface area contributed by atoms with Gasteiger partial charge in [-0.2, -0.15) is 0 Å². The Bertz CT molecular complexity index is 1180. The molecule has 0 fully saturated rings. The van der Waals surface area contributed by atoms with Gasteiger partial charge in [0, 0.05) is 8.90 Å². The van der Waals surface area contributed by atoms with Gasteiger partial charge in [-0.15, -0.1) is 5.10 Å². The Morgan fingerprint density at radius 2 is 1.80 bits per heavy atom. The number of aromatic nitrogens is 3. The maximum absolute atomic E-state index is 13.2. The number of nitrogens with zero attached hydrogens (tertiary/aromatic N) is 3. The van der Waals surface area contributed by atoms with Gasteiger partial charge in [0.1, 0.15) is 11.4 Å². The van der Waals surface area contributed by atoms with Gasteiger partial charge < -0.3 is 4.74 Å². The summed E-state index contributed by atoms with van der Waals surface area (Å²) >= 11 is 5.80. The molecule has 0 bridgehead atoms. The van der Waals surface area contributed by atoms with Crippen LogP contribution in [-0.4, -0.2) is 30.5 Å². The van der Waals surface area contributed by atoms with Gasteiger partial charge in [-0.25, -0.2) is 13.1 Å². The van der Waals surface area contributed by atoms with Crippen LogP contribution in [0.25, 0.3) is 5.69 Å². The number of rotatable bonds is 5. The van der Waals surface area contributed by atoms with Crippen LogP contribution in [0.2, 0.25) is 0 Å². The van der Waals surface area contributed by atoms with Crippen molar-refractivity contribution in [2.75, 3.05) is 7.11 Å². The van der Waals surface area contributed by atoms with Crippen molar-refractivity contribution >= 4 is 48.4 Å². The average Bonchev–Trinajstić information content (AvgIpc) is 3.09. The normalized spacial score (nSPS) is 12.2. The van der Waals surface area contributed by atoms with Crippen LogP contribution < -0.4 is 4.74 Å². The lowest BCUT2D eigenvalue weighted by molar-refractivity contribution is 0.410. The zero-order chi connectivity index (χ0) is 22.3. The molecule has 160 valence electrons. The van der Waals surface area contributed by atoms with Gasteiger partial charge in [-0.3, -0.25) is 0 Å². The van der Waals surface area contributed by atoms with Crippen LogP contribution in [0.4, 0.5) is 0 Å². The molecule has 0 aliphatic rings. The van der Waals surface area contributed by atoms with Crippen LogP contribution in [-0.2, 0) is 19.7 Å². The molecule has 0 saturated carbocycles. The molecule has 2 aromatic carbocycles. The summed E-state index contributed by atoms with van der Waals surface area (Å²) in [7, 11) is -2.24. The first-order chi connectivity index (χ1) is 14.0.